The zero-order valence-corrected chi connectivity index (χ0v) is 9.58. The summed E-state index contributed by atoms with van der Waals surface area (Å²) in [5, 5.41) is 4.69. The zero-order valence-electron chi connectivity index (χ0n) is 7.95. The lowest BCUT2D eigenvalue weighted by Crippen LogP contribution is -2.31. The van der Waals surface area contributed by atoms with E-state index in [1.807, 2.05) is 11.8 Å². The first-order chi connectivity index (χ1) is 6.76. The van der Waals surface area contributed by atoms with Crippen LogP contribution in [-0.4, -0.2) is 28.4 Å². The molecule has 5 heteroatoms. The predicted molar refractivity (Wildman–Crippen MR) is 59.9 cm³/mol. The van der Waals surface area contributed by atoms with Crippen LogP contribution in [0.1, 0.15) is 23.3 Å². The lowest BCUT2D eigenvalue weighted by molar-refractivity contribution is 0.0948. The molecule has 0 bridgehead atoms. The molecular weight excluding hydrogens is 216 g/mol. The van der Waals surface area contributed by atoms with Gasteiger partial charge in [-0.15, -0.1) is 11.3 Å². The Morgan fingerprint density at radius 1 is 1.79 bits per heavy atom. The number of thioether (sulfide) groups is 1. The number of rotatable bonds is 4. The lowest BCUT2D eigenvalue weighted by Gasteiger charge is -2.11. The van der Waals surface area contributed by atoms with Gasteiger partial charge in [0, 0.05) is 16.7 Å². The van der Waals surface area contributed by atoms with Crippen LogP contribution in [0.2, 0.25) is 0 Å². The summed E-state index contributed by atoms with van der Waals surface area (Å²) in [7, 11) is 0. The Bertz CT molecular complexity index is 320. The molecule has 0 spiro atoms. The Kier molecular flexibility index (Phi) is 2.78. The quantitative estimate of drug-likeness (QED) is 0.854. The number of aromatic nitrogens is 1. The predicted octanol–water partition coefficient (Wildman–Crippen LogP) is 1.77. The average Bonchev–Trinajstić information content (AvgIpc) is 2.78. The highest BCUT2D eigenvalue weighted by Gasteiger charge is 2.41. The Hall–Kier alpha value is -0.550. The van der Waals surface area contributed by atoms with E-state index in [1.165, 1.54) is 24.2 Å². The molecule has 2 rings (SSSR count). The Morgan fingerprint density at radius 3 is 3.07 bits per heavy atom. The SMILES string of the molecule is CSC1(CNC(=O)c2cscn2)CC1. The second kappa shape index (κ2) is 3.90. The topological polar surface area (TPSA) is 42.0 Å². The molecule has 1 aromatic rings. The van der Waals surface area contributed by atoms with Crippen molar-refractivity contribution in [3.63, 3.8) is 0 Å². The average molecular weight is 228 g/mol. The van der Waals surface area contributed by atoms with Crippen LogP contribution in [-0.2, 0) is 0 Å². The summed E-state index contributed by atoms with van der Waals surface area (Å²) in [5.41, 5.74) is 2.21. The number of amides is 1. The highest BCUT2D eigenvalue weighted by Crippen LogP contribution is 2.46. The van der Waals surface area contributed by atoms with E-state index >= 15 is 0 Å². The van der Waals surface area contributed by atoms with E-state index in [1.54, 1.807) is 10.9 Å². The van der Waals surface area contributed by atoms with Crippen molar-refractivity contribution in [2.75, 3.05) is 12.8 Å². The number of hydrogen-bond acceptors (Lipinski definition) is 4. The number of carbonyl (C=O) groups excluding carboxylic acids is 1. The van der Waals surface area contributed by atoms with Gasteiger partial charge in [0.1, 0.15) is 5.69 Å². The Morgan fingerprint density at radius 2 is 2.57 bits per heavy atom. The van der Waals surface area contributed by atoms with Gasteiger partial charge in [-0.2, -0.15) is 11.8 Å². The minimum atomic E-state index is -0.0495. The summed E-state index contributed by atoms with van der Waals surface area (Å²) in [6, 6.07) is 0. The first kappa shape index (κ1) is 9.98. The standard InChI is InChI=1S/C9H12N2OS2/c1-13-9(2-3-9)5-10-8(12)7-4-14-6-11-7/h4,6H,2-3,5H2,1H3,(H,10,12). The molecule has 1 amide bonds. The van der Waals surface area contributed by atoms with E-state index in [-0.39, 0.29) is 5.91 Å². The monoisotopic (exact) mass is 228 g/mol. The van der Waals surface area contributed by atoms with Crippen molar-refractivity contribution >= 4 is 29.0 Å². The number of nitrogens with one attached hydrogen (secondary N) is 1. The minimum Gasteiger partial charge on any atom is -0.349 e. The second-order valence-electron chi connectivity index (χ2n) is 3.44. The largest absolute Gasteiger partial charge is 0.349 e. The van der Waals surface area contributed by atoms with Crippen molar-refractivity contribution in [1.29, 1.82) is 0 Å². The summed E-state index contributed by atoms with van der Waals surface area (Å²) >= 11 is 3.29. The molecule has 14 heavy (non-hydrogen) atoms. The first-order valence-electron chi connectivity index (χ1n) is 4.47. The van der Waals surface area contributed by atoms with Crippen LogP contribution in [0.15, 0.2) is 10.9 Å². The van der Waals surface area contributed by atoms with Gasteiger partial charge in [-0.05, 0) is 19.1 Å². The van der Waals surface area contributed by atoms with E-state index in [2.05, 4.69) is 16.6 Å². The molecule has 1 saturated carbocycles. The molecule has 1 N–H and O–H groups in total. The van der Waals surface area contributed by atoms with Crippen LogP contribution in [0.25, 0.3) is 0 Å². The van der Waals surface area contributed by atoms with E-state index in [0.29, 0.717) is 10.4 Å². The van der Waals surface area contributed by atoms with E-state index in [0.717, 1.165) is 6.54 Å². The fourth-order valence-corrected chi connectivity index (χ4v) is 2.51. The molecular formula is C9H12N2OS2. The van der Waals surface area contributed by atoms with Crippen LogP contribution in [0, 0.1) is 0 Å². The Labute approximate surface area is 91.3 Å². The van der Waals surface area contributed by atoms with Crippen LogP contribution in [0.4, 0.5) is 0 Å². The third-order valence-corrected chi connectivity index (χ3v) is 4.48. The first-order valence-corrected chi connectivity index (χ1v) is 6.64. The zero-order chi connectivity index (χ0) is 10.0. The van der Waals surface area contributed by atoms with Crippen molar-refractivity contribution < 1.29 is 4.79 Å². The highest BCUT2D eigenvalue weighted by molar-refractivity contribution is 8.00. The smallest absolute Gasteiger partial charge is 0.270 e. The fourth-order valence-electron chi connectivity index (χ4n) is 1.25. The molecule has 1 heterocycles. The molecule has 0 saturated heterocycles. The third kappa shape index (κ3) is 2.09. The molecule has 0 radical (unpaired) electrons. The van der Waals surface area contributed by atoms with Crippen molar-refractivity contribution in [2.45, 2.75) is 17.6 Å². The van der Waals surface area contributed by atoms with Crippen molar-refractivity contribution in [3.8, 4) is 0 Å². The molecule has 1 aromatic heterocycles. The van der Waals surface area contributed by atoms with Gasteiger partial charge < -0.3 is 5.32 Å². The number of carbonyl (C=O) groups is 1. The third-order valence-electron chi connectivity index (χ3n) is 2.48. The fraction of sp³-hybridized carbons (Fsp3) is 0.556. The Balaban J connectivity index is 1.84. The number of nitrogens with zero attached hydrogens (tertiary/aromatic N) is 1. The molecule has 1 fully saturated rings. The van der Waals surface area contributed by atoms with Crippen LogP contribution in [0.3, 0.4) is 0 Å². The number of thiazole rings is 1. The molecule has 0 unspecified atom stereocenters. The van der Waals surface area contributed by atoms with Crippen LogP contribution >= 0.6 is 23.1 Å². The van der Waals surface area contributed by atoms with Crippen molar-refractivity contribution in [3.05, 3.63) is 16.6 Å². The van der Waals surface area contributed by atoms with Crippen LogP contribution < -0.4 is 5.32 Å². The normalized spacial score (nSPS) is 17.8. The van der Waals surface area contributed by atoms with Gasteiger partial charge >= 0.3 is 0 Å². The van der Waals surface area contributed by atoms with Gasteiger partial charge in [-0.1, -0.05) is 0 Å². The van der Waals surface area contributed by atoms with Crippen LogP contribution in [0.5, 0.6) is 0 Å². The number of hydrogen-bond donors (Lipinski definition) is 1. The van der Waals surface area contributed by atoms with E-state index in [4.69, 9.17) is 0 Å². The van der Waals surface area contributed by atoms with Crippen molar-refractivity contribution in [2.24, 2.45) is 0 Å². The summed E-state index contributed by atoms with van der Waals surface area (Å²) in [5.74, 6) is -0.0495. The van der Waals surface area contributed by atoms with E-state index in [9.17, 15) is 4.79 Å². The van der Waals surface area contributed by atoms with E-state index < -0.39 is 0 Å². The maximum absolute atomic E-state index is 11.5. The molecule has 0 aliphatic heterocycles. The molecule has 0 aromatic carbocycles. The maximum atomic E-state index is 11.5. The van der Waals surface area contributed by atoms with Gasteiger partial charge in [-0.3, -0.25) is 4.79 Å². The lowest BCUT2D eigenvalue weighted by atomic mass is 10.4. The maximum Gasteiger partial charge on any atom is 0.270 e. The summed E-state index contributed by atoms with van der Waals surface area (Å²) < 4.78 is 0.325. The molecule has 1 aliphatic carbocycles. The van der Waals surface area contributed by atoms with Gasteiger partial charge in [0.15, 0.2) is 0 Å². The molecule has 76 valence electrons. The van der Waals surface area contributed by atoms with Gasteiger partial charge in [0.25, 0.3) is 5.91 Å². The summed E-state index contributed by atoms with van der Waals surface area (Å²) in [6.07, 6.45) is 4.53. The second-order valence-corrected chi connectivity index (χ2v) is 5.44. The summed E-state index contributed by atoms with van der Waals surface area (Å²) in [4.78, 5) is 15.5. The van der Waals surface area contributed by atoms with Crippen molar-refractivity contribution in [1.82, 2.24) is 10.3 Å². The molecule has 0 atom stereocenters. The molecule has 3 nitrogen and oxygen atoms in total. The molecule has 1 aliphatic rings. The van der Waals surface area contributed by atoms with Gasteiger partial charge in [0.2, 0.25) is 0 Å². The van der Waals surface area contributed by atoms with Gasteiger partial charge in [0.05, 0.1) is 5.51 Å². The summed E-state index contributed by atoms with van der Waals surface area (Å²) in [6.45, 7) is 0.768. The minimum absolute atomic E-state index is 0.0495. The highest BCUT2D eigenvalue weighted by atomic mass is 32.2. The van der Waals surface area contributed by atoms with Gasteiger partial charge in [-0.25, -0.2) is 4.98 Å².